The Labute approximate surface area is 131 Å². The molecule has 0 amide bonds. The highest BCUT2D eigenvalue weighted by molar-refractivity contribution is 9.10. The second kappa shape index (κ2) is 6.84. The Hall–Kier alpha value is -0.700. The maximum Gasteiger partial charge on any atom is 0.133 e. The summed E-state index contributed by atoms with van der Waals surface area (Å²) in [5, 5.41) is 3.75. The number of methoxy groups -OCH3 is 1. The van der Waals surface area contributed by atoms with Crippen LogP contribution < -0.4 is 10.1 Å². The molecule has 0 aromatic heterocycles. The van der Waals surface area contributed by atoms with Gasteiger partial charge in [-0.05, 0) is 64.7 Å². The lowest BCUT2D eigenvalue weighted by Crippen LogP contribution is -2.37. The zero-order valence-electron chi connectivity index (χ0n) is 12.9. The highest BCUT2D eigenvalue weighted by atomic mass is 79.9. The smallest absolute Gasteiger partial charge is 0.133 e. The van der Waals surface area contributed by atoms with E-state index in [9.17, 15) is 0 Å². The van der Waals surface area contributed by atoms with E-state index in [0.717, 1.165) is 28.0 Å². The minimum absolute atomic E-state index is 0.582. The number of anilines is 1. The number of ether oxygens (including phenoxy) is 1. The first-order valence-electron chi connectivity index (χ1n) is 7.61. The fraction of sp³-hybridized carbons (Fsp3) is 0.647. The minimum Gasteiger partial charge on any atom is -0.496 e. The molecule has 3 atom stereocenters. The van der Waals surface area contributed by atoms with Crippen LogP contribution in [0.1, 0.15) is 40.0 Å². The van der Waals surface area contributed by atoms with E-state index in [2.05, 4.69) is 54.2 Å². The Morgan fingerprint density at radius 3 is 2.65 bits per heavy atom. The van der Waals surface area contributed by atoms with E-state index in [1.54, 1.807) is 7.11 Å². The summed E-state index contributed by atoms with van der Waals surface area (Å²) in [5.74, 6) is 3.21. The fourth-order valence-corrected chi connectivity index (χ4v) is 3.88. The molecule has 1 aliphatic rings. The third-order valence-corrected chi connectivity index (χ3v) is 5.15. The Bertz CT molecular complexity index is 447. The molecule has 2 nitrogen and oxygen atoms in total. The number of halogens is 1. The maximum atomic E-state index is 5.29. The molecule has 1 fully saturated rings. The van der Waals surface area contributed by atoms with Crippen molar-refractivity contribution in [3.63, 3.8) is 0 Å². The quantitative estimate of drug-likeness (QED) is 0.800. The lowest BCUT2D eigenvalue weighted by molar-refractivity contribution is 0.212. The van der Waals surface area contributed by atoms with Gasteiger partial charge in [-0.1, -0.05) is 27.2 Å². The zero-order chi connectivity index (χ0) is 14.7. The summed E-state index contributed by atoms with van der Waals surface area (Å²) in [4.78, 5) is 0. The van der Waals surface area contributed by atoms with E-state index in [1.165, 1.54) is 24.9 Å². The molecular weight excluding hydrogens is 314 g/mol. The van der Waals surface area contributed by atoms with E-state index in [-0.39, 0.29) is 0 Å². The number of benzene rings is 1. The van der Waals surface area contributed by atoms with Gasteiger partial charge in [-0.2, -0.15) is 0 Å². The predicted octanol–water partition coefficient (Wildman–Crippen LogP) is 5.33. The van der Waals surface area contributed by atoms with Crippen LogP contribution >= 0.6 is 15.9 Å². The molecule has 0 spiro atoms. The van der Waals surface area contributed by atoms with Crippen molar-refractivity contribution in [2.24, 2.45) is 17.8 Å². The number of hydrogen-bond donors (Lipinski definition) is 1. The van der Waals surface area contributed by atoms with Crippen LogP contribution in [0.3, 0.4) is 0 Å². The third kappa shape index (κ3) is 3.69. The van der Waals surface area contributed by atoms with Gasteiger partial charge in [0.15, 0.2) is 0 Å². The summed E-state index contributed by atoms with van der Waals surface area (Å²) in [5.41, 5.74) is 1.18. The Morgan fingerprint density at radius 2 is 2.05 bits per heavy atom. The monoisotopic (exact) mass is 339 g/mol. The summed E-state index contributed by atoms with van der Waals surface area (Å²) in [7, 11) is 1.70. The van der Waals surface area contributed by atoms with Gasteiger partial charge in [0, 0.05) is 11.7 Å². The molecule has 0 saturated heterocycles. The molecule has 3 unspecified atom stereocenters. The normalized spacial score (nSPS) is 26.6. The van der Waals surface area contributed by atoms with E-state index < -0.39 is 0 Å². The van der Waals surface area contributed by atoms with Crippen LogP contribution in [0.2, 0.25) is 0 Å². The molecule has 112 valence electrons. The van der Waals surface area contributed by atoms with Crippen molar-refractivity contribution >= 4 is 21.6 Å². The van der Waals surface area contributed by atoms with Gasteiger partial charge in [-0.25, -0.2) is 0 Å². The molecular formula is C17H26BrNO. The first kappa shape index (κ1) is 15.7. The highest BCUT2D eigenvalue weighted by Crippen LogP contribution is 2.36. The summed E-state index contributed by atoms with van der Waals surface area (Å²) in [6, 6.07) is 6.83. The molecule has 1 aromatic rings. The molecule has 0 radical (unpaired) electrons. The van der Waals surface area contributed by atoms with Crippen molar-refractivity contribution in [1.29, 1.82) is 0 Å². The van der Waals surface area contributed by atoms with Crippen LogP contribution in [0.4, 0.5) is 5.69 Å². The molecule has 2 rings (SSSR count). The van der Waals surface area contributed by atoms with Gasteiger partial charge >= 0.3 is 0 Å². The van der Waals surface area contributed by atoms with Gasteiger partial charge in [0.05, 0.1) is 11.6 Å². The van der Waals surface area contributed by atoms with Crippen LogP contribution in [-0.4, -0.2) is 13.2 Å². The summed E-state index contributed by atoms with van der Waals surface area (Å²) < 4.78 is 6.30. The lowest BCUT2D eigenvalue weighted by Gasteiger charge is -2.38. The molecule has 0 heterocycles. The van der Waals surface area contributed by atoms with E-state index >= 15 is 0 Å². The summed E-state index contributed by atoms with van der Waals surface area (Å²) in [6.07, 6.45) is 3.98. The van der Waals surface area contributed by atoms with Gasteiger partial charge in [-0.15, -0.1) is 0 Å². The second-order valence-electron chi connectivity index (χ2n) is 6.43. The van der Waals surface area contributed by atoms with Gasteiger partial charge in [0.25, 0.3) is 0 Å². The molecule has 1 saturated carbocycles. The Balaban J connectivity index is 2.11. The number of nitrogens with one attached hydrogen (secondary N) is 1. The van der Waals surface area contributed by atoms with Crippen molar-refractivity contribution in [2.45, 2.75) is 46.1 Å². The third-order valence-electron chi connectivity index (χ3n) is 4.53. The second-order valence-corrected chi connectivity index (χ2v) is 7.28. The molecule has 3 heteroatoms. The Kier molecular flexibility index (Phi) is 5.36. The Morgan fingerprint density at radius 1 is 1.30 bits per heavy atom. The van der Waals surface area contributed by atoms with Crippen LogP contribution in [0.25, 0.3) is 0 Å². The maximum absolute atomic E-state index is 5.29. The van der Waals surface area contributed by atoms with E-state index in [4.69, 9.17) is 4.74 Å². The largest absolute Gasteiger partial charge is 0.496 e. The van der Waals surface area contributed by atoms with Crippen LogP contribution in [0.5, 0.6) is 5.75 Å². The van der Waals surface area contributed by atoms with Crippen molar-refractivity contribution < 1.29 is 4.74 Å². The first-order chi connectivity index (χ1) is 9.51. The molecule has 20 heavy (non-hydrogen) atoms. The number of hydrogen-bond acceptors (Lipinski definition) is 2. The molecule has 0 bridgehead atoms. The van der Waals surface area contributed by atoms with Crippen LogP contribution in [0, 0.1) is 17.8 Å². The van der Waals surface area contributed by atoms with Gasteiger partial charge in [-0.3, -0.25) is 0 Å². The van der Waals surface area contributed by atoms with Crippen LogP contribution in [-0.2, 0) is 0 Å². The van der Waals surface area contributed by atoms with Crippen molar-refractivity contribution in [1.82, 2.24) is 0 Å². The van der Waals surface area contributed by atoms with Crippen molar-refractivity contribution in [3.05, 3.63) is 22.7 Å². The van der Waals surface area contributed by atoms with Gasteiger partial charge < -0.3 is 10.1 Å². The topological polar surface area (TPSA) is 21.3 Å². The van der Waals surface area contributed by atoms with Gasteiger partial charge in [0.1, 0.15) is 5.75 Å². The molecule has 1 aliphatic carbocycles. The molecule has 1 aromatic carbocycles. The summed E-state index contributed by atoms with van der Waals surface area (Å²) >= 11 is 3.56. The number of rotatable bonds is 4. The predicted molar refractivity (Wildman–Crippen MR) is 89.4 cm³/mol. The summed E-state index contributed by atoms with van der Waals surface area (Å²) in [6.45, 7) is 7.06. The van der Waals surface area contributed by atoms with Crippen molar-refractivity contribution in [2.75, 3.05) is 12.4 Å². The average molecular weight is 340 g/mol. The lowest BCUT2D eigenvalue weighted by atomic mass is 9.74. The molecule has 0 aliphatic heterocycles. The molecule has 1 N–H and O–H groups in total. The van der Waals surface area contributed by atoms with Gasteiger partial charge in [0.2, 0.25) is 0 Å². The first-order valence-corrected chi connectivity index (χ1v) is 8.40. The SMILES string of the molecule is COc1ccc(NC2CC(C)CCC2C(C)C)cc1Br. The minimum atomic E-state index is 0.582. The highest BCUT2D eigenvalue weighted by Gasteiger charge is 2.30. The van der Waals surface area contributed by atoms with E-state index in [0.29, 0.717) is 6.04 Å². The average Bonchev–Trinajstić information content (AvgIpc) is 2.38. The zero-order valence-corrected chi connectivity index (χ0v) is 14.5. The van der Waals surface area contributed by atoms with Crippen molar-refractivity contribution in [3.8, 4) is 5.75 Å². The standard InChI is InChI=1S/C17H26BrNO/c1-11(2)14-7-5-12(3)9-16(14)19-13-6-8-17(20-4)15(18)10-13/h6,8,10-12,14,16,19H,5,7,9H2,1-4H3. The van der Waals surface area contributed by atoms with E-state index in [1.807, 2.05) is 6.07 Å². The van der Waals surface area contributed by atoms with Crippen LogP contribution in [0.15, 0.2) is 22.7 Å². The fourth-order valence-electron chi connectivity index (χ4n) is 3.34.